The lowest BCUT2D eigenvalue weighted by Crippen LogP contribution is -2.27. The van der Waals surface area contributed by atoms with Crippen LogP contribution in [0.15, 0.2) is 52.1 Å². The van der Waals surface area contributed by atoms with Gasteiger partial charge < -0.3 is 9.84 Å². The van der Waals surface area contributed by atoms with Crippen LogP contribution in [0.25, 0.3) is 11.3 Å². The SMILES string of the molecule is Cn1cc(-c2cc(C(=O)NCc3ccc(S(=O)(=O)N4CCCC4)cc3)on2)cn1. The maximum absolute atomic E-state index is 12.5. The highest BCUT2D eigenvalue weighted by atomic mass is 32.2. The molecule has 1 amide bonds. The number of nitrogens with one attached hydrogen (secondary N) is 1. The zero-order valence-corrected chi connectivity index (χ0v) is 16.7. The molecule has 0 atom stereocenters. The van der Waals surface area contributed by atoms with E-state index in [-0.39, 0.29) is 17.2 Å². The van der Waals surface area contributed by atoms with Gasteiger partial charge in [-0.1, -0.05) is 17.3 Å². The lowest BCUT2D eigenvalue weighted by Gasteiger charge is -2.15. The summed E-state index contributed by atoms with van der Waals surface area (Å²) < 4.78 is 33.4. The van der Waals surface area contributed by atoms with Gasteiger partial charge in [-0.2, -0.15) is 9.40 Å². The Labute approximate surface area is 168 Å². The van der Waals surface area contributed by atoms with E-state index >= 15 is 0 Å². The van der Waals surface area contributed by atoms with Crippen LogP contribution in [0.3, 0.4) is 0 Å². The molecule has 1 fully saturated rings. The fourth-order valence-corrected chi connectivity index (χ4v) is 4.72. The predicted molar refractivity (Wildman–Crippen MR) is 104 cm³/mol. The number of aromatic nitrogens is 3. The van der Waals surface area contributed by atoms with Crippen LogP contribution >= 0.6 is 0 Å². The summed E-state index contributed by atoms with van der Waals surface area (Å²) in [7, 11) is -1.65. The van der Waals surface area contributed by atoms with E-state index < -0.39 is 15.9 Å². The van der Waals surface area contributed by atoms with Gasteiger partial charge in [0.05, 0.1) is 11.1 Å². The van der Waals surface area contributed by atoms with Crippen molar-refractivity contribution in [1.29, 1.82) is 0 Å². The van der Waals surface area contributed by atoms with Crippen molar-refractivity contribution in [3.63, 3.8) is 0 Å². The second-order valence-corrected chi connectivity index (χ2v) is 8.85. The lowest BCUT2D eigenvalue weighted by atomic mass is 10.2. The first-order chi connectivity index (χ1) is 13.9. The quantitative estimate of drug-likeness (QED) is 0.657. The number of hydrogen-bond donors (Lipinski definition) is 1. The molecule has 0 spiro atoms. The van der Waals surface area contributed by atoms with Crippen molar-refractivity contribution in [3.8, 4) is 11.3 Å². The first kappa shape index (κ1) is 19.3. The summed E-state index contributed by atoms with van der Waals surface area (Å²) in [5.74, 6) is -0.307. The van der Waals surface area contributed by atoms with Gasteiger partial charge in [0.1, 0.15) is 5.69 Å². The molecule has 1 aromatic carbocycles. The van der Waals surface area contributed by atoms with Crippen molar-refractivity contribution in [1.82, 2.24) is 24.6 Å². The summed E-state index contributed by atoms with van der Waals surface area (Å²) in [6, 6.07) is 8.10. The van der Waals surface area contributed by atoms with Crippen LogP contribution in [-0.4, -0.2) is 46.7 Å². The fraction of sp³-hybridized carbons (Fsp3) is 0.316. The number of benzene rings is 1. The molecular weight excluding hydrogens is 394 g/mol. The number of aryl methyl sites for hydroxylation is 1. The zero-order valence-electron chi connectivity index (χ0n) is 15.9. The molecular formula is C19H21N5O4S. The van der Waals surface area contributed by atoms with Gasteiger partial charge in [0, 0.05) is 44.5 Å². The average Bonchev–Trinajstić information content (AvgIpc) is 3.47. The van der Waals surface area contributed by atoms with Crippen LogP contribution in [0.5, 0.6) is 0 Å². The number of hydrogen-bond acceptors (Lipinski definition) is 6. The van der Waals surface area contributed by atoms with Gasteiger partial charge in [-0.3, -0.25) is 9.48 Å². The van der Waals surface area contributed by atoms with E-state index in [2.05, 4.69) is 15.6 Å². The Morgan fingerprint density at radius 3 is 2.59 bits per heavy atom. The van der Waals surface area contributed by atoms with Crippen LogP contribution in [0.2, 0.25) is 0 Å². The van der Waals surface area contributed by atoms with Gasteiger partial charge in [-0.05, 0) is 30.5 Å². The summed E-state index contributed by atoms with van der Waals surface area (Å²) in [4.78, 5) is 12.6. The van der Waals surface area contributed by atoms with Crippen molar-refractivity contribution < 1.29 is 17.7 Å². The molecule has 0 bridgehead atoms. The van der Waals surface area contributed by atoms with E-state index in [1.807, 2.05) is 0 Å². The molecule has 3 heterocycles. The number of carbonyl (C=O) groups excluding carboxylic acids is 1. The molecule has 1 aliphatic rings. The van der Waals surface area contributed by atoms with Crippen LogP contribution in [0.1, 0.15) is 29.0 Å². The standard InChI is InChI=1S/C19H21N5O4S/c1-23-13-15(12-21-23)17-10-18(28-22-17)19(25)20-11-14-4-6-16(7-5-14)29(26,27)24-8-2-3-9-24/h4-7,10,12-13H,2-3,8-9,11H2,1H3,(H,20,25). The Balaban J connectivity index is 1.38. The third kappa shape index (κ3) is 4.08. The first-order valence-corrected chi connectivity index (χ1v) is 10.7. The zero-order chi connectivity index (χ0) is 20.4. The molecule has 1 aliphatic heterocycles. The molecule has 4 rings (SSSR count). The summed E-state index contributed by atoms with van der Waals surface area (Å²) in [5, 5.41) is 10.7. The van der Waals surface area contributed by atoms with Crippen LogP contribution in [0.4, 0.5) is 0 Å². The highest BCUT2D eigenvalue weighted by Crippen LogP contribution is 2.21. The van der Waals surface area contributed by atoms with E-state index in [1.165, 1.54) is 4.31 Å². The van der Waals surface area contributed by atoms with Crippen LogP contribution in [0, 0.1) is 0 Å². The third-order valence-electron chi connectivity index (χ3n) is 4.81. The van der Waals surface area contributed by atoms with E-state index in [9.17, 15) is 13.2 Å². The molecule has 3 aromatic rings. The number of rotatable bonds is 6. The van der Waals surface area contributed by atoms with Gasteiger partial charge >= 0.3 is 0 Å². The molecule has 29 heavy (non-hydrogen) atoms. The molecule has 0 unspecified atom stereocenters. The molecule has 0 radical (unpaired) electrons. The predicted octanol–water partition coefficient (Wildman–Crippen LogP) is 1.79. The summed E-state index contributed by atoms with van der Waals surface area (Å²) in [6.45, 7) is 1.38. The van der Waals surface area contributed by atoms with Crippen molar-refractivity contribution in [2.75, 3.05) is 13.1 Å². The molecule has 1 N–H and O–H groups in total. The van der Waals surface area contributed by atoms with E-state index in [1.54, 1.807) is 54.5 Å². The van der Waals surface area contributed by atoms with Gasteiger partial charge in [0.15, 0.2) is 0 Å². The third-order valence-corrected chi connectivity index (χ3v) is 6.73. The minimum atomic E-state index is -3.44. The highest BCUT2D eigenvalue weighted by Gasteiger charge is 2.26. The molecule has 0 aliphatic carbocycles. The Morgan fingerprint density at radius 2 is 1.93 bits per heavy atom. The highest BCUT2D eigenvalue weighted by molar-refractivity contribution is 7.89. The molecule has 0 saturated carbocycles. The lowest BCUT2D eigenvalue weighted by molar-refractivity contribution is 0.0914. The maximum atomic E-state index is 12.5. The summed E-state index contributed by atoms with van der Waals surface area (Å²) in [6.07, 6.45) is 5.20. The van der Waals surface area contributed by atoms with Crippen molar-refractivity contribution in [2.24, 2.45) is 7.05 Å². The van der Waals surface area contributed by atoms with Crippen molar-refractivity contribution >= 4 is 15.9 Å². The number of carbonyl (C=O) groups is 1. The molecule has 10 heteroatoms. The van der Waals surface area contributed by atoms with Crippen molar-refractivity contribution in [3.05, 3.63) is 54.0 Å². The number of amides is 1. The van der Waals surface area contributed by atoms with Crippen LogP contribution < -0.4 is 5.32 Å². The monoisotopic (exact) mass is 415 g/mol. The Bertz CT molecular complexity index is 1110. The van der Waals surface area contributed by atoms with Gasteiger partial charge in [0.2, 0.25) is 15.8 Å². The molecule has 1 saturated heterocycles. The normalized spacial score (nSPS) is 14.9. The summed E-state index contributed by atoms with van der Waals surface area (Å²) >= 11 is 0. The van der Waals surface area contributed by atoms with E-state index in [4.69, 9.17) is 4.52 Å². The Morgan fingerprint density at radius 1 is 1.21 bits per heavy atom. The van der Waals surface area contributed by atoms with Gasteiger partial charge in [0.25, 0.3) is 5.91 Å². The second-order valence-electron chi connectivity index (χ2n) is 6.92. The Hall–Kier alpha value is -2.98. The van der Waals surface area contributed by atoms with Gasteiger partial charge in [-0.25, -0.2) is 8.42 Å². The van der Waals surface area contributed by atoms with E-state index in [0.717, 1.165) is 24.0 Å². The number of nitrogens with zero attached hydrogens (tertiary/aromatic N) is 4. The first-order valence-electron chi connectivity index (χ1n) is 9.26. The maximum Gasteiger partial charge on any atom is 0.290 e. The number of sulfonamides is 1. The topological polar surface area (TPSA) is 110 Å². The van der Waals surface area contributed by atoms with Gasteiger partial charge in [-0.15, -0.1) is 0 Å². The minimum Gasteiger partial charge on any atom is -0.350 e. The van der Waals surface area contributed by atoms with E-state index in [0.29, 0.717) is 18.8 Å². The fourth-order valence-electron chi connectivity index (χ4n) is 3.20. The van der Waals surface area contributed by atoms with Crippen LogP contribution in [-0.2, 0) is 23.6 Å². The molecule has 9 nitrogen and oxygen atoms in total. The smallest absolute Gasteiger partial charge is 0.290 e. The average molecular weight is 415 g/mol. The molecule has 152 valence electrons. The minimum absolute atomic E-state index is 0.0945. The largest absolute Gasteiger partial charge is 0.350 e. The molecule has 2 aromatic heterocycles. The second kappa shape index (κ2) is 7.80. The Kier molecular flexibility index (Phi) is 5.20. The summed E-state index contributed by atoms with van der Waals surface area (Å²) in [5.41, 5.74) is 2.07. The van der Waals surface area contributed by atoms with Crippen molar-refractivity contribution in [2.45, 2.75) is 24.3 Å².